The molecular formula is C6H8F3I. The van der Waals surface area contributed by atoms with E-state index in [4.69, 9.17) is 0 Å². The number of rotatable bonds is 2. The highest BCUT2D eigenvalue weighted by atomic mass is 127. The molecule has 0 saturated heterocycles. The summed E-state index contributed by atoms with van der Waals surface area (Å²) in [7, 11) is 0. The molecule has 0 bridgehead atoms. The van der Waals surface area contributed by atoms with Gasteiger partial charge in [0.15, 0.2) is 0 Å². The fraction of sp³-hybridized carbons (Fsp3) is 0.667. The molecule has 0 heterocycles. The summed E-state index contributed by atoms with van der Waals surface area (Å²) in [6, 6.07) is 0. The molecule has 0 unspecified atom stereocenters. The van der Waals surface area contributed by atoms with Gasteiger partial charge >= 0.3 is 6.18 Å². The highest BCUT2D eigenvalue weighted by Gasteiger charge is 2.30. The van der Waals surface area contributed by atoms with Crippen molar-refractivity contribution in [1.29, 1.82) is 0 Å². The lowest BCUT2D eigenvalue weighted by Crippen LogP contribution is -2.06. The third-order valence-electron chi connectivity index (χ3n) is 0.883. The summed E-state index contributed by atoms with van der Waals surface area (Å²) < 4.78 is 34.6. The van der Waals surface area contributed by atoms with Crippen molar-refractivity contribution >= 4 is 22.6 Å². The largest absolute Gasteiger partial charge is 0.421 e. The molecule has 0 atom stereocenters. The topological polar surface area (TPSA) is 0 Å². The van der Waals surface area contributed by atoms with Gasteiger partial charge in [0.25, 0.3) is 0 Å². The van der Waals surface area contributed by atoms with Crippen LogP contribution >= 0.6 is 22.6 Å². The molecule has 10 heavy (non-hydrogen) atoms. The second kappa shape index (κ2) is 4.20. The van der Waals surface area contributed by atoms with Crippen molar-refractivity contribution in [3.63, 3.8) is 0 Å². The van der Waals surface area contributed by atoms with Crippen molar-refractivity contribution in [3.05, 3.63) is 9.66 Å². The van der Waals surface area contributed by atoms with Crippen LogP contribution in [0, 0.1) is 0 Å². The van der Waals surface area contributed by atoms with Gasteiger partial charge in [-0.15, -0.1) is 0 Å². The second-order valence-corrected chi connectivity index (χ2v) is 3.00. The van der Waals surface area contributed by atoms with E-state index in [0.29, 0.717) is 6.42 Å². The Balaban J connectivity index is 3.93. The average molecular weight is 264 g/mol. The quantitative estimate of drug-likeness (QED) is 0.667. The average Bonchev–Trinajstić information content (AvgIpc) is 1.80. The van der Waals surface area contributed by atoms with Crippen molar-refractivity contribution in [1.82, 2.24) is 0 Å². The number of hydrogen-bond donors (Lipinski definition) is 0. The second-order valence-electron chi connectivity index (χ2n) is 1.84. The van der Waals surface area contributed by atoms with Crippen LogP contribution in [0.5, 0.6) is 0 Å². The molecule has 0 aliphatic rings. The van der Waals surface area contributed by atoms with Crippen molar-refractivity contribution in [2.45, 2.75) is 25.9 Å². The summed E-state index contributed by atoms with van der Waals surface area (Å²) >= 11 is 1.31. The first kappa shape index (κ1) is 10.3. The van der Waals surface area contributed by atoms with Gasteiger partial charge in [0, 0.05) is 0 Å². The highest BCUT2D eigenvalue weighted by Crippen LogP contribution is 2.30. The normalized spacial score (nSPS) is 13.9. The van der Waals surface area contributed by atoms with Gasteiger partial charge in [-0.2, -0.15) is 13.2 Å². The lowest BCUT2D eigenvalue weighted by Gasteiger charge is -2.03. The van der Waals surface area contributed by atoms with Crippen LogP contribution in [-0.2, 0) is 0 Å². The van der Waals surface area contributed by atoms with Crippen molar-refractivity contribution < 1.29 is 13.2 Å². The molecule has 4 heteroatoms. The minimum atomic E-state index is -4.14. The first-order chi connectivity index (χ1) is 4.48. The Morgan fingerprint density at radius 3 is 2.30 bits per heavy atom. The van der Waals surface area contributed by atoms with E-state index in [9.17, 15) is 13.2 Å². The molecule has 0 rings (SSSR count). The predicted octanol–water partition coefficient (Wildman–Crippen LogP) is 3.67. The summed E-state index contributed by atoms with van der Waals surface area (Å²) in [5.41, 5.74) is 0. The van der Waals surface area contributed by atoms with Gasteiger partial charge in [-0.05, 0) is 29.0 Å². The highest BCUT2D eigenvalue weighted by molar-refractivity contribution is 14.1. The van der Waals surface area contributed by atoms with Crippen LogP contribution in [0.15, 0.2) is 9.66 Å². The fourth-order valence-electron chi connectivity index (χ4n) is 0.387. The van der Waals surface area contributed by atoms with Crippen LogP contribution in [0.25, 0.3) is 0 Å². The van der Waals surface area contributed by atoms with Crippen LogP contribution in [-0.4, -0.2) is 6.18 Å². The maximum absolute atomic E-state index is 11.7. The maximum Gasteiger partial charge on any atom is 0.421 e. The van der Waals surface area contributed by atoms with Crippen molar-refractivity contribution in [2.75, 3.05) is 0 Å². The predicted molar refractivity (Wildman–Crippen MR) is 43.1 cm³/mol. The van der Waals surface area contributed by atoms with E-state index < -0.39 is 9.76 Å². The molecule has 0 fully saturated rings. The Hall–Kier alpha value is 0.260. The lowest BCUT2D eigenvalue weighted by molar-refractivity contribution is -0.0819. The van der Waals surface area contributed by atoms with E-state index in [1.807, 2.05) is 6.92 Å². The summed E-state index contributed by atoms with van der Waals surface area (Å²) in [5, 5.41) is 0. The van der Waals surface area contributed by atoms with Crippen LogP contribution in [0.2, 0.25) is 0 Å². The number of halogens is 4. The summed E-state index contributed by atoms with van der Waals surface area (Å²) in [5.74, 6) is 0. The SMILES string of the molecule is CCCC=C(I)C(F)(F)F. The summed E-state index contributed by atoms with van der Waals surface area (Å²) in [6.07, 6.45) is -1.68. The Kier molecular flexibility index (Phi) is 4.31. The van der Waals surface area contributed by atoms with Gasteiger partial charge in [0.05, 0.1) is 3.58 Å². The number of hydrogen-bond acceptors (Lipinski definition) is 0. The molecule has 0 aromatic rings. The Labute approximate surface area is 71.6 Å². The minimum absolute atomic E-state index is 0.498. The van der Waals surface area contributed by atoms with Crippen LogP contribution in [0.4, 0.5) is 13.2 Å². The van der Waals surface area contributed by atoms with Gasteiger partial charge in [0.2, 0.25) is 0 Å². The Morgan fingerprint density at radius 2 is 2.00 bits per heavy atom. The zero-order valence-electron chi connectivity index (χ0n) is 5.50. The number of unbranched alkanes of at least 4 members (excludes halogenated alkanes) is 1. The van der Waals surface area contributed by atoms with E-state index in [1.54, 1.807) is 0 Å². The molecule has 0 amide bonds. The summed E-state index contributed by atoms with van der Waals surface area (Å²) in [6.45, 7) is 1.84. The van der Waals surface area contributed by atoms with Gasteiger partial charge in [-0.3, -0.25) is 0 Å². The van der Waals surface area contributed by atoms with Crippen LogP contribution in [0.1, 0.15) is 19.8 Å². The summed E-state index contributed by atoms with van der Waals surface area (Å²) in [4.78, 5) is 0. The van der Waals surface area contributed by atoms with Gasteiger partial charge in [0.1, 0.15) is 0 Å². The van der Waals surface area contributed by atoms with Crippen molar-refractivity contribution in [2.24, 2.45) is 0 Å². The van der Waals surface area contributed by atoms with Crippen LogP contribution in [0.3, 0.4) is 0 Å². The van der Waals surface area contributed by atoms with E-state index in [0.717, 1.165) is 6.42 Å². The molecule has 0 aromatic heterocycles. The van der Waals surface area contributed by atoms with E-state index in [1.165, 1.54) is 28.7 Å². The minimum Gasteiger partial charge on any atom is -0.166 e. The van der Waals surface area contributed by atoms with E-state index in [-0.39, 0.29) is 0 Å². The zero-order chi connectivity index (χ0) is 8.20. The smallest absolute Gasteiger partial charge is 0.166 e. The van der Waals surface area contributed by atoms with Gasteiger partial charge in [-0.25, -0.2) is 0 Å². The van der Waals surface area contributed by atoms with Crippen molar-refractivity contribution in [3.8, 4) is 0 Å². The molecule has 0 saturated carbocycles. The van der Waals surface area contributed by atoms with E-state index >= 15 is 0 Å². The molecule has 0 aromatic carbocycles. The molecule has 60 valence electrons. The van der Waals surface area contributed by atoms with E-state index in [2.05, 4.69) is 0 Å². The van der Waals surface area contributed by atoms with Gasteiger partial charge < -0.3 is 0 Å². The monoisotopic (exact) mass is 264 g/mol. The zero-order valence-corrected chi connectivity index (χ0v) is 7.66. The molecule has 0 N–H and O–H groups in total. The first-order valence-electron chi connectivity index (χ1n) is 2.91. The first-order valence-corrected chi connectivity index (χ1v) is 3.99. The maximum atomic E-state index is 11.7. The fourth-order valence-corrected chi connectivity index (χ4v) is 0.698. The standard InChI is InChI=1S/C6H8F3I/c1-2-3-4-5(10)6(7,8)9/h4H,2-3H2,1H3. The lowest BCUT2D eigenvalue weighted by atomic mass is 10.3. The van der Waals surface area contributed by atoms with Crippen LogP contribution < -0.4 is 0 Å². The number of alkyl halides is 3. The third kappa shape index (κ3) is 4.14. The molecule has 0 radical (unpaired) electrons. The third-order valence-corrected chi connectivity index (χ3v) is 1.94. The molecule has 0 spiro atoms. The molecular weight excluding hydrogens is 256 g/mol. The van der Waals surface area contributed by atoms with Gasteiger partial charge in [-0.1, -0.05) is 19.4 Å². The molecule has 0 aliphatic heterocycles. The molecule has 0 aliphatic carbocycles. The number of allylic oxidation sites excluding steroid dienone is 2. The molecule has 0 nitrogen and oxygen atoms in total. The Morgan fingerprint density at radius 1 is 1.50 bits per heavy atom. The Bertz CT molecular complexity index is 125.